The van der Waals surface area contributed by atoms with E-state index in [2.05, 4.69) is 5.16 Å². The molecule has 3 rings (SSSR count). The second-order valence-corrected chi connectivity index (χ2v) is 6.63. The van der Waals surface area contributed by atoms with E-state index in [9.17, 15) is 9.18 Å². The van der Waals surface area contributed by atoms with E-state index in [-0.39, 0.29) is 24.4 Å². The summed E-state index contributed by atoms with van der Waals surface area (Å²) >= 11 is 5.91. The van der Waals surface area contributed by atoms with Crippen molar-refractivity contribution in [1.29, 1.82) is 0 Å². The molecule has 2 aromatic carbocycles. The molecule has 0 N–H and O–H groups in total. The summed E-state index contributed by atoms with van der Waals surface area (Å²) in [4.78, 5) is 19.4. The number of carbonyl (C=O) groups is 1. The number of rotatable bonds is 6. The molecule has 0 fully saturated rings. The normalized spacial score (nSPS) is 16.1. The molecule has 1 aliphatic heterocycles. The molecular formula is C20H20ClFN2O2. The molecule has 136 valence electrons. The Morgan fingerprint density at radius 3 is 2.69 bits per heavy atom. The van der Waals surface area contributed by atoms with Gasteiger partial charge < -0.3 is 9.74 Å². The van der Waals surface area contributed by atoms with Crippen LogP contribution in [0.2, 0.25) is 5.02 Å². The van der Waals surface area contributed by atoms with Gasteiger partial charge in [0, 0.05) is 30.0 Å². The lowest BCUT2D eigenvalue weighted by Gasteiger charge is -2.24. The molecule has 0 aliphatic carbocycles. The molecule has 1 atom stereocenters. The maximum atomic E-state index is 13.9. The van der Waals surface area contributed by atoms with Gasteiger partial charge in [-0.15, -0.1) is 0 Å². The molecule has 0 bridgehead atoms. The van der Waals surface area contributed by atoms with Gasteiger partial charge in [0.2, 0.25) is 5.91 Å². The summed E-state index contributed by atoms with van der Waals surface area (Å²) in [6.07, 6.45) is 0.696. The molecule has 2 aromatic rings. The highest BCUT2D eigenvalue weighted by molar-refractivity contribution is 6.30. The summed E-state index contributed by atoms with van der Waals surface area (Å²) < 4.78 is 13.9. The summed E-state index contributed by atoms with van der Waals surface area (Å²) in [6, 6.07) is 13.9. The number of hydrogen-bond acceptors (Lipinski definition) is 3. The highest BCUT2D eigenvalue weighted by Crippen LogP contribution is 2.21. The molecule has 6 heteroatoms. The lowest BCUT2D eigenvalue weighted by molar-refractivity contribution is -0.133. The van der Waals surface area contributed by atoms with Crippen LogP contribution in [0, 0.1) is 5.82 Å². The Bertz CT molecular complexity index is 808. The first kappa shape index (κ1) is 18.4. The van der Waals surface area contributed by atoms with Gasteiger partial charge in [-0.3, -0.25) is 4.79 Å². The fourth-order valence-electron chi connectivity index (χ4n) is 2.90. The molecule has 1 heterocycles. The molecule has 0 spiro atoms. The lowest BCUT2D eigenvalue weighted by Crippen LogP contribution is -2.37. The average Bonchev–Trinajstić information content (AvgIpc) is 3.11. The lowest BCUT2D eigenvalue weighted by atomic mass is 10.0. The maximum absolute atomic E-state index is 13.9. The van der Waals surface area contributed by atoms with Gasteiger partial charge >= 0.3 is 0 Å². The van der Waals surface area contributed by atoms with Crippen molar-refractivity contribution < 1.29 is 14.0 Å². The predicted octanol–water partition coefficient (Wildman–Crippen LogP) is 4.41. The number of halogens is 2. The molecule has 0 saturated carbocycles. The first-order valence-corrected chi connectivity index (χ1v) is 8.94. The molecule has 0 saturated heterocycles. The predicted molar refractivity (Wildman–Crippen MR) is 99.6 cm³/mol. The van der Waals surface area contributed by atoms with E-state index < -0.39 is 0 Å². The molecule has 0 unspecified atom stereocenters. The molecule has 1 aliphatic rings. The third-order valence-electron chi connectivity index (χ3n) is 4.31. The minimum Gasteiger partial charge on any atom is -0.390 e. The molecular weight excluding hydrogens is 355 g/mol. The van der Waals surface area contributed by atoms with E-state index in [1.54, 1.807) is 42.2 Å². The van der Waals surface area contributed by atoms with Gasteiger partial charge in [-0.1, -0.05) is 54.0 Å². The van der Waals surface area contributed by atoms with Gasteiger partial charge in [-0.2, -0.15) is 0 Å². The van der Waals surface area contributed by atoms with Crippen molar-refractivity contribution in [3.63, 3.8) is 0 Å². The molecule has 0 radical (unpaired) electrons. The standard InChI is InChI=1S/C20H20ClFN2O2/c1-2-20(25)24(12-15-5-3-4-6-18(15)22)13-17-11-19(23-26-17)14-7-9-16(21)10-8-14/h3-10,17H,2,11-13H2,1H3/t17-/m1/s1. The van der Waals surface area contributed by atoms with Crippen LogP contribution in [-0.2, 0) is 16.2 Å². The van der Waals surface area contributed by atoms with Crippen LogP contribution in [0.3, 0.4) is 0 Å². The van der Waals surface area contributed by atoms with E-state index in [0.717, 1.165) is 11.3 Å². The van der Waals surface area contributed by atoms with Crippen LogP contribution in [0.5, 0.6) is 0 Å². The topological polar surface area (TPSA) is 41.9 Å². The van der Waals surface area contributed by atoms with E-state index in [1.807, 2.05) is 12.1 Å². The van der Waals surface area contributed by atoms with Crippen LogP contribution in [0.25, 0.3) is 0 Å². The summed E-state index contributed by atoms with van der Waals surface area (Å²) in [5, 5.41) is 4.80. The Labute approximate surface area is 157 Å². The second-order valence-electron chi connectivity index (χ2n) is 6.20. The van der Waals surface area contributed by atoms with Crippen LogP contribution >= 0.6 is 11.6 Å². The Kier molecular flexibility index (Phi) is 5.89. The zero-order valence-corrected chi connectivity index (χ0v) is 15.2. The van der Waals surface area contributed by atoms with Crippen molar-refractivity contribution in [3.05, 3.63) is 70.5 Å². The van der Waals surface area contributed by atoms with Crippen LogP contribution < -0.4 is 0 Å². The van der Waals surface area contributed by atoms with Crippen LogP contribution in [0.15, 0.2) is 53.7 Å². The molecule has 1 amide bonds. The molecule has 4 nitrogen and oxygen atoms in total. The summed E-state index contributed by atoms with van der Waals surface area (Å²) in [6.45, 7) is 2.37. The van der Waals surface area contributed by atoms with Crippen molar-refractivity contribution in [1.82, 2.24) is 4.90 Å². The quantitative estimate of drug-likeness (QED) is 0.751. The number of carbonyl (C=O) groups excluding carboxylic acids is 1. The average molecular weight is 375 g/mol. The van der Waals surface area contributed by atoms with Crippen molar-refractivity contribution in [2.24, 2.45) is 5.16 Å². The Hall–Kier alpha value is -2.40. The highest BCUT2D eigenvalue weighted by atomic mass is 35.5. The summed E-state index contributed by atoms with van der Waals surface area (Å²) in [7, 11) is 0. The van der Waals surface area contributed by atoms with E-state index in [1.165, 1.54) is 6.07 Å². The number of oxime groups is 1. The van der Waals surface area contributed by atoms with Crippen LogP contribution in [0.1, 0.15) is 30.9 Å². The van der Waals surface area contributed by atoms with Crippen molar-refractivity contribution in [3.8, 4) is 0 Å². The molecule has 26 heavy (non-hydrogen) atoms. The summed E-state index contributed by atoms with van der Waals surface area (Å²) in [5.74, 6) is -0.358. The number of hydrogen-bond donors (Lipinski definition) is 0. The Morgan fingerprint density at radius 1 is 1.27 bits per heavy atom. The van der Waals surface area contributed by atoms with Crippen molar-refractivity contribution >= 4 is 23.2 Å². The fourth-order valence-corrected chi connectivity index (χ4v) is 3.02. The zero-order valence-electron chi connectivity index (χ0n) is 14.5. The van der Waals surface area contributed by atoms with Crippen molar-refractivity contribution in [2.45, 2.75) is 32.4 Å². The third kappa shape index (κ3) is 4.41. The highest BCUT2D eigenvalue weighted by Gasteiger charge is 2.26. The number of amides is 1. The van der Waals surface area contributed by atoms with Gasteiger partial charge in [-0.25, -0.2) is 4.39 Å². The zero-order chi connectivity index (χ0) is 18.5. The smallest absolute Gasteiger partial charge is 0.222 e. The number of benzene rings is 2. The first-order valence-electron chi connectivity index (χ1n) is 8.56. The van der Waals surface area contributed by atoms with Gasteiger partial charge in [0.15, 0.2) is 6.10 Å². The molecule has 0 aromatic heterocycles. The van der Waals surface area contributed by atoms with Gasteiger partial charge in [-0.05, 0) is 23.8 Å². The largest absolute Gasteiger partial charge is 0.390 e. The third-order valence-corrected chi connectivity index (χ3v) is 4.56. The van der Waals surface area contributed by atoms with Crippen LogP contribution in [-0.4, -0.2) is 29.2 Å². The van der Waals surface area contributed by atoms with Crippen molar-refractivity contribution in [2.75, 3.05) is 6.54 Å². The second kappa shape index (κ2) is 8.32. The summed E-state index contributed by atoms with van der Waals surface area (Å²) in [5.41, 5.74) is 2.26. The minimum atomic E-state index is -0.313. The SMILES string of the molecule is CCC(=O)N(Cc1ccccc1F)C[C@H]1CC(c2ccc(Cl)cc2)=NO1. The Morgan fingerprint density at radius 2 is 2.00 bits per heavy atom. The number of nitrogens with zero attached hydrogens (tertiary/aromatic N) is 2. The van der Waals surface area contributed by atoms with E-state index in [4.69, 9.17) is 16.4 Å². The maximum Gasteiger partial charge on any atom is 0.222 e. The van der Waals surface area contributed by atoms with E-state index >= 15 is 0 Å². The first-order chi connectivity index (χ1) is 12.6. The van der Waals surface area contributed by atoms with Gasteiger partial charge in [0.05, 0.1) is 12.3 Å². The fraction of sp³-hybridized carbons (Fsp3) is 0.300. The Balaban J connectivity index is 1.66. The van der Waals surface area contributed by atoms with Gasteiger partial charge in [0.25, 0.3) is 0 Å². The van der Waals surface area contributed by atoms with Gasteiger partial charge in [0.1, 0.15) is 5.82 Å². The monoisotopic (exact) mass is 374 g/mol. The van der Waals surface area contributed by atoms with E-state index in [0.29, 0.717) is 30.0 Å². The van der Waals surface area contributed by atoms with Crippen LogP contribution in [0.4, 0.5) is 4.39 Å². The minimum absolute atomic E-state index is 0.0446.